The second kappa shape index (κ2) is 6.07. The van der Waals surface area contributed by atoms with Gasteiger partial charge in [-0.3, -0.25) is 14.5 Å². The first-order chi connectivity index (χ1) is 7.31. The van der Waals surface area contributed by atoms with E-state index in [2.05, 4.69) is 10.2 Å². The van der Waals surface area contributed by atoms with Gasteiger partial charge in [0.05, 0.1) is 6.54 Å². The number of nitrogens with one attached hydrogen (secondary N) is 1. The molecule has 90 valence electrons. The molecule has 1 amide bonds. The third-order valence-electron chi connectivity index (χ3n) is 3.34. The van der Waals surface area contributed by atoms with Crippen LogP contribution >= 0.6 is 12.4 Å². The molecule has 0 spiro atoms. The molecule has 1 atom stereocenters. The van der Waals surface area contributed by atoms with Crippen molar-refractivity contribution in [1.82, 2.24) is 10.2 Å². The number of halogens is 1. The molecule has 1 aliphatic carbocycles. The predicted molar refractivity (Wildman–Crippen MR) is 64.2 cm³/mol. The van der Waals surface area contributed by atoms with Crippen LogP contribution in [0.5, 0.6) is 0 Å². The fourth-order valence-corrected chi connectivity index (χ4v) is 2.12. The Balaban J connectivity index is 0.00000128. The number of hydrogen-bond acceptors (Lipinski definition) is 2. The number of hydrogen-bond donors (Lipinski definition) is 1. The molecule has 16 heavy (non-hydrogen) atoms. The van der Waals surface area contributed by atoms with Crippen molar-refractivity contribution in [1.29, 1.82) is 0 Å². The quantitative estimate of drug-likeness (QED) is 0.762. The fourth-order valence-electron chi connectivity index (χ4n) is 2.12. The molecule has 1 N–H and O–H groups in total. The van der Waals surface area contributed by atoms with E-state index in [4.69, 9.17) is 6.57 Å². The lowest BCUT2D eigenvalue weighted by Crippen LogP contribution is -2.44. The van der Waals surface area contributed by atoms with Gasteiger partial charge in [0.15, 0.2) is 0 Å². The maximum atomic E-state index is 11.8. The van der Waals surface area contributed by atoms with Crippen LogP contribution in [0.15, 0.2) is 0 Å². The highest BCUT2D eigenvalue weighted by atomic mass is 35.5. The molecule has 0 aromatic carbocycles. The molecule has 2 rings (SSSR count). The molecule has 0 unspecified atom stereocenters. The van der Waals surface area contributed by atoms with Gasteiger partial charge < -0.3 is 5.32 Å². The van der Waals surface area contributed by atoms with Crippen molar-refractivity contribution < 1.29 is 4.79 Å². The average molecular weight is 244 g/mol. The molecule has 2 fully saturated rings. The zero-order chi connectivity index (χ0) is 10.7. The smallest absolute Gasteiger partial charge is 0.300 e. The lowest BCUT2D eigenvalue weighted by atomic mass is 9.93. The van der Waals surface area contributed by atoms with Crippen molar-refractivity contribution in [2.75, 3.05) is 13.1 Å². The third-order valence-corrected chi connectivity index (χ3v) is 3.34. The van der Waals surface area contributed by atoms with E-state index in [0.717, 1.165) is 19.4 Å². The molecule has 0 aromatic rings. The molecule has 5 heteroatoms. The Morgan fingerprint density at radius 2 is 2.12 bits per heavy atom. The molecule has 4 nitrogen and oxygen atoms in total. The minimum Gasteiger partial charge on any atom is -0.306 e. The zero-order valence-corrected chi connectivity index (χ0v) is 10.1. The molecular weight excluding hydrogens is 226 g/mol. The van der Waals surface area contributed by atoms with Crippen LogP contribution in [0, 0.1) is 6.57 Å². The number of carbonyl (C=O) groups is 1. The van der Waals surface area contributed by atoms with Gasteiger partial charge >= 0.3 is 6.17 Å². The summed E-state index contributed by atoms with van der Waals surface area (Å²) in [6.07, 6.45) is 5.29. The molecule has 0 bridgehead atoms. The summed E-state index contributed by atoms with van der Waals surface area (Å²) < 4.78 is 0. The summed E-state index contributed by atoms with van der Waals surface area (Å²) in [5.41, 5.74) is 0. The van der Waals surface area contributed by atoms with Gasteiger partial charge in [-0.05, 0) is 19.3 Å². The molecule has 0 aromatic heterocycles. The van der Waals surface area contributed by atoms with Gasteiger partial charge in [-0.2, -0.15) is 0 Å². The fraction of sp³-hybridized carbons (Fsp3) is 0.818. The van der Waals surface area contributed by atoms with Gasteiger partial charge in [0.25, 0.3) is 0 Å². The maximum absolute atomic E-state index is 11.8. The Bertz CT molecular complexity index is 285. The van der Waals surface area contributed by atoms with Crippen molar-refractivity contribution in [2.24, 2.45) is 0 Å². The van der Waals surface area contributed by atoms with Gasteiger partial charge in [0.1, 0.15) is 0 Å². The van der Waals surface area contributed by atoms with Crippen LogP contribution in [-0.2, 0) is 4.79 Å². The summed E-state index contributed by atoms with van der Waals surface area (Å²) in [6.45, 7) is 8.17. The van der Waals surface area contributed by atoms with Crippen LogP contribution in [0.4, 0.5) is 0 Å². The van der Waals surface area contributed by atoms with Crippen LogP contribution in [0.1, 0.15) is 32.1 Å². The second-order valence-electron chi connectivity index (χ2n) is 4.35. The normalized spacial score (nSPS) is 24.4. The van der Waals surface area contributed by atoms with Crippen molar-refractivity contribution in [2.45, 2.75) is 44.3 Å². The lowest BCUT2D eigenvalue weighted by molar-refractivity contribution is -0.130. The van der Waals surface area contributed by atoms with Crippen LogP contribution in [0.25, 0.3) is 4.85 Å². The van der Waals surface area contributed by atoms with Crippen molar-refractivity contribution in [3.8, 4) is 0 Å². The highest BCUT2D eigenvalue weighted by molar-refractivity contribution is 5.85. The molecule has 1 saturated carbocycles. The van der Waals surface area contributed by atoms with Gasteiger partial charge in [-0.25, -0.2) is 6.57 Å². The SMILES string of the molecule is Cl.[C-]#[N+][C@@H]1CCCN1C(=O)CNC1CCC1. The standard InChI is InChI=1S/C11H17N3O.ClH/c1-12-10-6-3-7-14(10)11(15)8-13-9-4-2-5-9;/h9-10,13H,2-8H2;1H/t10-;/m0./s1. The molecular formula is C11H18ClN3O. The van der Waals surface area contributed by atoms with Gasteiger partial charge in [-0.15, -0.1) is 12.4 Å². The molecule has 1 aliphatic heterocycles. The van der Waals surface area contributed by atoms with Gasteiger partial charge in [0.2, 0.25) is 5.91 Å². The monoisotopic (exact) mass is 243 g/mol. The number of likely N-dealkylation sites (tertiary alicyclic amines) is 1. The van der Waals surface area contributed by atoms with Gasteiger partial charge in [0, 0.05) is 19.0 Å². The Labute approximate surface area is 103 Å². The number of nitrogens with zero attached hydrogens (tertiary/aromatic N) is 2. The average Bonchev–Trinajstić information content (AvgIpc) is 2.62. The number of rotatable bonds is 3. The molecule has 1 heterocycles. The lowest BCUT2D eigenvalue weighted by Gasteiger charge is -2.27. The summed E-state index contributed by atoms with van der Waals surface area (Å²) in [5.74, 6) is 0.0976. The summed E-state index contributed by atoms with van der Waals surface area (Å²) >= 11 is 0. The minimum absolute atomic E-state index is 0. The van der Waals surface area contributed by atoms with Crippen molar-refractivity contribution in [3.63, 3.8) is 0 Å². The third kappa shape index (κ3) is 2.87. The van der Waals surface area contributed by atoms with E-state index < -0.39 is 0 Å². The van der Waals surface area contributed by atoms with E-state index in [1.54, 1.807) is 4.90 Å². The highest BCUT2D eigenvalue weighted by Crippen LogP contribution is 2.19. The predicted octanol–water partition coefficient (Wildman–Crippen LogP) is 1.42. The number of carbonyl (C=O) groups excluding carboxylic acids is 1. The summed E-state index contributed by atoms with van der Waals surface area (Å²) in [7, 11) is 0. The topological polar surface area (TPSA) is 36.7 Å². The minimum atomic E-state index is -0.194. The van der Waals surface area contributed by atoms with Crippen LogP contribution < -0.4 is 5.32 Å². The first-order valence-electron chi connectivity index (χ1n) is 5.70. The van der Waals surface area contributed by atoms with Crippen molar-refractivity contribution >= 4 is 18.3 Å². The van der Waals surface area contributed by atoms with Crippen molar-refractivity contribution in [3.05, 3.63) is 11.4 Å². The van der Waals surface area contributed by atoms with E-state index >= 15 is 0 Å². The zero-order valence-electron chi connectivity index (χ0n) is 9.32. The Morgan fingerprint density at radius 3 is 2.69 bits per heavy atom. The van der Waals surface area contributed by atoms with E-state index in [1.165, 1.54) is 19.3 Å². The van der Waals surface area contributed by atoms with E-state index in [-0.39, 0.29) is 24.5 Å². The van der Waals surface area contributed by atoms with E-state index in [0.29, 0.717) is 12.6 Å². The summed E-state index contributed by atoms with van der Waals surface area (Å²) in [6, 6.07) is 0.544. The molecule has 1 saturated heterocycles. The molecule has 0 radical (unpaired) electrons. The highest BCUT2D eigenvalue weighted by Gasteiger charge is 2.32. The van der Waals surface area contributed by atoms with Gasteiger partial charge in [-0.1, -0.05) is 6.42 Å². The van der Waals surface area contributed by atoms with Crippen LogP contribution in [-0.4, -0.2) is 36.1 Å². The van der Waals surface area contributed by atoms with Crippen LogP contribution in [0.3, 0.4) is 0 Å². The number of amides is 1. The van der Waals surface area contributed by atoms with E-state index in [9.17, 15) is 4.79 Å². The Kier molecular flexibility index (Phi) is 5.04. The first kappa shape index (κ1) is 13.3. The Hall–Kier alpha value is -0.790. The molecule has 2 aliphatic rings. The first-order valence-corrected chi connectivity index (χ1v) is 5.70. The second-order valence-corrected chi connectivity index (χ2v) is 4.35. The Morgan fingerprint density at radius 1 is 1.38 bits per heavy atom. The van der Waals surface area contributed by atoms with E-state index in [1.807, 2.05) is 0 Å². The summed E-state index contributed by atoms with van der Waals surface area (Å²) in [5, 5.41) is 3.25. The van der Waals surface area contributed by atoms with Crippen LogP contribution in [0.2, 0.25) is 0 Å². The largest absolute Gasteiger partial charge is 0.306 e. The maximum Gasteiger partial charge on any atom is 0.300 e. The summed E-state index contributed by atoms with van der Waals surface area (Å²) in [4.78, 5) is 17.0.